The van der Waals surface area contributed by atoms with E-state index in [2.05, 4.69) is 53.7 Å². The van der Waals surface area contributed by atoms with Crippen molar-refractivity contribution in [3.05, 3.63) is 59.0 Å². The standard InChI is InChI=1S/C20H25N5O/c1-12(2)17(19-24-23-16-8-6-7-9-25(16)19)21-20(26)22-18-14(4)10-13(3)11-15(18)5/h6-12,17H,1-5H3,(H2,21,22,26)/t17-/m1/s1. The van der Waals surface area contributed by atoms with Crippen LogP contribution < -0.4 is 10.6 Å². The highest BCUT2D eigenvalue weighted by atomic mass is 16.2. The summed E-state index contributed by atoms with van der Waals surface area (Å²) < 4.78 is 1.91. The number of carbonyl (C=O) groups is 1. The molecule has 26 heavy (non-hydrogen) atoms. The second kappa shape index (κ2) is 7.15. The first-order valence-electron chi connectivity index (χ1n) is 8.82. The highest BCUT2D eigenvalue weighted by molar-refractivity contribution is 5.91. The highest BCUT2D eigenvalue weighted by Crippen LogP contribution is 2.24. The SMILES string of the molecule is Cc1cc(C)c(NC(=O)N[C@@H](c2nnc3ccccn23)C(C)C)c(C)c1. The minimum Gasteiger partial charge on any atom is -0.328 e. The third kappa shape index (κ3) is 3.54. The van der Waals surface area contributed by atoms with Crippen LogP contribution in [0, 0.1) is 26.7 Å². The fourth-order valence-corrected chi connectivity index (χ4v) is 3.27. The lowest BCUT2D eigenvalue weighted by atomic mass is 10.0. The van der Waals surface area contributed by atoms with Crippen molar-refractivity contribution in [1.29, 1.82) is 0 Å². The van der Waals surface area contributed by atoms with Crippen LogP contribution in [0.3, 0.4) is 0 Å². The lowest BCUT2D eigenvalue weighted by molar-refractivity contribution is 0.243. The monoisotopic (exact) mass is 351 g/mol. The summed E-state index contributed by atoms with van der Waals surface area (Å²) >= 11 is 0. The van der Waals surface area contributed by atoms with Crippen LogP contribution in [0.2, 0.25) is 0 Å². The smallest absolute Gasteiger partial charge is 0.319 e. The van der Waals surface area contributed by atoms with Gasteiger partial charge in [-0.25, -0.2) is 4.79 Å². The Hall–Kier alpha value is -2.89. The number of amides is 2. The molecule has 0 aliphatic heterocycles. The number of nitrogens with one attached hydrogen (secondary N) is 2. The average Bonchev–Trinajstić information content (AvgIpc) is 2.99. The van der Waals surface area contributed by atoms with E-state index in [0.717, 1.165) is 28.3 Å². The fourth-order valence-electron chi connectivity index (χ4n) is 3.27. The van der Waals surface area contributed by atoms with Crippen molar-refractivity contribution in [2.24, 2.45) is 5.92 Å². The van der Waals surface area contributed by atoms with E-state index in [1.54, 1.807) is 0 Å². The van der Waals surface area contributed by atoms with Crippen LogP contribution in [0.5, 0.6) is 0 Å². The van der Waals surface area contributed by atoms with Crippen LogP contribution in [0.4, 0.5) is 10.5 Å². The van der Waals surface area contributed by atoms with Gasteiger partial charge in [0.15, 0.2) is 11.5 Å². The van der Waals surface area contributed by atoms with Crippen molar-refractivity contribution in [1.82, 2.24) is 19.9 Å². The molecular weight excluding hydrogens is 326 g/mol. The van der Waals surface area contributed by atoms with E-state index in [9.17, 15) is 4.79 Å². The summed E-state index contributed by atoms with van der Waals surface area (Å²) in [6.45, 7) is 10.2. The molecule has 1 aromatic carbocycles. The quantitative estimate of drug-likeness (QED) is 0.741. The van der Waals surface area contributed by atoms with Crippen LogP contribution in [-0.2, 0) is 0 Å². The van der Waals surface area contributed by atoms with Crippen LogP contribution >= 0.6 is 0 Å². The molecule has 3 aromatic rings. The molecule has 0 fully saturated rings. The Morgan fingerprint density at radius 1 is 1.08 bits per heavy atom. The van der Waals surface area contributed by atoms with E-state index in [0.29, 0.717) is 0 Å². The molecule has 3 rings (SSSR count). The normalized spacial score (nSPS) is 12.4. The number of benzene rings is 1. The lowest BCUT2D eigenvalue weighted by Gasteiger charge is -2.22. The molecule has 6 heteroatoms. The van der Waals surface area contributed by atoms with E-state index < -0.39 is 0 Å². The molecule has 1 atom stereocenters. The Balaban J connectivity index is 1.84. The van der Waals surface area contributed by atoms with E-state index in [1.807, 2.05) is 42.6 Å². The van der Waals surface area contributed by atoms with E-state index in [4.69, 9.17) is 0 Å². The molecule has 6 nitrogen and oxygen atoms in total. The number of hydrogen-bond donors (Lipinski definition) is 2. The molecule has 0 unspecified atom stereocenters. The fraction of sp³-hybridized carbons (Fsp3) is 0.350. The maximum Gasteiger partial charge on any atom is 0.319 e. The third-order valence-corrected chi connectivity index (χ3v) is 4.49. The number of pyridine rings is 1. The van der Waals surface area contributed by atoms with Crippen molar-refractivity contribution in [3.8, 4) is 0 Å². The molecule has 0 bridgehead atoms. The number of fused-ring (bicyclic) bond motifs is 1. The molecule has 2 aromatic heterocycles. The summed E-state index contributed by atoms with van der Waals surface area (Å²) in [5, 5.41) is 14.5. The number of rotatable bonds is 4. The molecule has 2 heterocycles. The van der Waals surface area contributed by atoms with E-state index >= 15 is 0 Å². The lowest BCUT2D eigenvalue weighted by Crippen LogP contribution is -2.36. The summed E-state index contributed by atoms with van der Waals surface area (Å²) in [7, 11) is 0. The zero-order chi connectivity index (χ0) is 18.8. The van der Waals surface area contributed by atoms with E-state index in [1.165, 1.54) is 5.56 Å². The van der Waals surface area contributed by atoms with Gasteiger partial charge in [-0.2, -0.15) is 0 Å². The number of urea groups is 1. The first-order chi connectivity index (χ1) is 12.4. The van der Waals surface area contributed by atoms with Gasteiger partial charge in [-0.1, -0.05) is 37.6 Å². The Kier molecular flexibility index (Phi) is 4.93. The molecule has 0 saturated heterocycles. The summed E-state index contributed by atoms with van der Waals surface area (Å²) in [4.78, 5) is 12.7. The predicted octanol–water partition coefficient (Wildman–Crippen LogP) is 4.17. The van der Waals surface area contributed by atoms with Crippen molar-refractivity contribution in [2.75, 3.05) is 5.32 Å². The van der Waals surface area contributed by atoms with Crippen LogP contribution in [-0.4, -0.2) is 20.6 Å². The van der Waals surface area contributed by atoms with E-state index in [-0.39, 0.29) is 18.0 Å². The second-order valence-corrected chi connectivity index (χ2v) is 7.08. The van der Waals surface area contributed by atoms with Gasteiger partial charge < -0.3 is 10.6 Å². The Morgan fingerprint density at radius 3 is 2.42 bits per heavy atom. The topological polar surface area (TPSA) is 71.3 Å². The second-order valence-electron chi connectivity index (χ2n) is 7.08. The van der Waals surface area contributed by atoms with Gasteiger partial charge in [0, 0.05) is 11.9 Å². The largest absolute Gasteiger partial charge is 0.328 e. The zero-order valence-electron chi connectivity index (χ0n) is 15.9. The molecule has 2 amide bonds. The first-order valence-corrected chi connectivity index (χ1v) is 8.82. The van der Waals surface area contributed by atoms with Crippen LogP contribution in [0.25, 0.3) is 5.65 Å². The number of carbonyl (C=O) groups excluding carboxylic acids is 1. The number of aryl methyl sites for hydroxylation is 3. The minimum atomic E-state index is -0.251. The van der Waals surface area contributed by atoms with Gasteiger partial charge in [-0.15, -0.1) is 10.2 Å². The summed E-state index contributed by atoms with van der Waals surface area (Å²) in [6, 6.07) is 9.37. The zero-order valence-corrected chi connectivity index (χ0v) is 15.9. The van der Waals surface area contributed by atoms with Crippen molar-refractivity contribution in [2.45, 2.75) is 40.7 Å². The maximum absolute atomic E-state index is 12.7. The number of nitrogens with zero attached hydrogens (tertiary/aromatic N) is 3. The van der Waals surface area contributed by atoms with Gasteiger partial charge in [-0.3, -0.25) is 4.40 Å². The maximum atomic E-state index is 12.7. The van der Waals surface area contributed by atoms with Gasteiger partial charge in [0.05, 0.1) is 6.04 Å². The summed E-state index contributed by atoms with van der Waals surface area (Å²) in [5.41, 5.74) is 4.89. The van der Waals surface area contributed by atoms with Gasteiger partial charge in [0.2, 0.25) is 0 Å². The average molecular weight is 351 g/mol. The molecule has 0 aliphatic carbocycles. The number of anilines is 1. The molecule has 0 aliphatic rings. The molecule has 0 radical (unpaired) electrons. The third-order valence-electron chi connectivity index (χ3n) is 4.49. The van der Waals surface area contributed by atoms with Crippen LogP contribution in [0.15, 0.2) is 36.5 Å². The summed E-state index contributed by atoms with van der Waals surface area (Å²) in [5.74, 6) is 0.886. The summed E-state index contributed by atoms with van der Waals surface area (Å²) in [6.07, 6.45) is 1.91. The molecular formula is C20H25N5O. The predicted molar refractivity (Wildman–Crippen MR) is 103 cm³/mol. The Bertz CT molecular complexity index is 921. The van der Waals surface area contributed by atoms with Crippen molar-refractivity contribution < 1.29 is 4.79 Å². The highest BCUT2D eigenvalue weighted by Gasteiger charge is 2.24. The number of hydrogen-bond acceptors (Lipinski definition) is 3. The van der Waals surface area contributed by atoms with Crippen molar-refractivity contribution >= 4 is 17.4 Å². The Morgan fingerprint density at radius 2 is 1.77 bits per heavy atom. The minimum absolute atomic E-state index is 0.161. The molecule has 0 spiro atoms. The number of aromatic nitrogens is 3. The first kappa shape index (κ1) is 17.9. The Labute approximate surface area is 153 Å². The molecule has 2 N–H and O–H groups in total. The van der Waals surface area contributed by atoms with Gasteiger partial charge >= 0.3 is 6.03 Å². The van der Waals surface area contributed by atoms with Crippen molar-refractivity contribution in [3.63, 3.8) is 0 Å². The van der Waals surface area contributed by atoms with Crippen LogP contribution in [0.1, 0.15) is 42.4 Å². The van der Waals surface area contributed by atoms with Gasteiger partial charge in [0.1, 0.15) is 0 Å². The molecule has 0 saturated carbocycles. The van der Waals surface area contributed by atoms with Gasteiger partial charge in [-0.05, 0) is 49.9 Å². The molecule has 136 valence electrons. The van der Waals surface area contributed by atoms with Gasteiger partial charge in [0.25, 0.3) is 0 Å².